The molecule has 0 spiro atoms. The summed E-state index contributed by atoms with van der Waals surface area (Å²) in [5, 5.41) is 28.5. The van der Waals surface area contributed by atoms with Crippen molar-refractivity contribution in [2.24, 2.45) is 5.10 Å². The number of rotatable bonds is 6. The summed E-state index contributed by atoms with van der Waals surface area (Å²) in [4.78, 5) is 1.25. The minimum absolute atomic E-state index is 0.0731. The molecule has 0 atom stereocenters. The summed E-state index contributed by atoms with van der Waals surface area (Å²) in [6.45, 7) is 0. The number of aromatic nitrogens is 4. The molecule has 3 aromatic rings. The first-order valence-electron chi connectivity index (χ1n) is 7.31. The number of hydrogen-bond acceptors (Lipinski definition) is 8. The van der Waals surface area contributed by atoms with Gasteiger partial charge >= 0.3 is 0 Å². The van der Waals surface area contributed by atoms with E-state index in [9.17, 15) is 5.11 Å². The molecule has 9 nitrogen and oxygen atoms in total. The minimum atomic E-state index is -0.0731. The lowest BCUT2D eigenvalue weighted by Gasteiger charge is -2.09. The summed E-state index contributed by atoms with van der Waals surface area (Å²) in [7, 11) is 2.91. The Hall–Kier alpha value is -3.62. The molecule has 0 aliphatic heterocycles. The van der Waals surface area contributed by atoms with Crippen LogP contribution in [-0.2, 0) is 0 Å². The van der Waals surface area contributed by atoms with Crippen molar-refractivity contribution in [2.75, 3.05) is 19.5 Å². The minimum Gasteiger partial charge on any atom is -0.502 e. The van der Waals surface area contributed by atoms with Gasteiger partial charge in [0.2, 0.25) is 5.75 Å². The summed E-state index contributed by atoms with van der Waals surface area (Å²) in [6.07, 6.45) is 1.52. The SMILES string of the molecule is COc1cc(/C=N\n2nnnc2Nc2ccccc2)cc(OC)c1O. The summed E-state index contributed by atoms with van der Waals surface area (Å²) >= 11 is 0. The van der Waals surface area contributed by atoms with Gasteiger partial charge in [-0.05, 0) is 34.7 Å². The van der Waals surface area contributed by atoms with Crippen LogP contribution in [0, 0.1) is 0 Å². The number of anilines is 2. The van der Waals surface area contributed by atoms with Gasteiger partial charge in [0, 0.05) is 11.3 Å². The quantitative estimate of drug-likeness (QED) is 0.661. The Morgan fingerprint density at radius 2 is 1.80 bits per heavy atom. The summed E-state index contributed by atoms with van der Waals surface area (Å²) in [5.41, 5.74) is 1.48. The largest absolute Gasteiger partial charge is 0.502 e. The lowest BCUT2D eigenvalue weighted by atomic mass is 10.2. The van der Waals surface area contributed by atoms with Gasteiger partial charge in [-0.3, -0.25) is 0 Å². The highest BCUT2D eigenvalue weighted by Crippen LogP contribution is 2.36. The van der Waals surface area contributed by atoms with Gasteiger partial charge in [0.15, 0.2) is 11.5 Å². The number of ether oxygens (including phenoxy) is 2. The molecule has 2 aromatic carbocycles. The van der Waals surface area contributed by atoms with E-state index in [1.54, 1.807) is 12.1 Å². The van der Waals surface area contributed by atoms with E-state index in [1.165, 1.54) is 25.2 Å². The second-order valence-electron chi connectivity index (χ2n) is 4.90. The molecule has 0 fully saturated rings. The third kappa shape index (κ3) is 3.66. The molecule has 25 heavy (non-hydrogen) atoms. The maximum absolute atomic E-state index is 9.93. The number of nitrogens with zero attached hydrogens (tertiary/aromatic N) is 5. The highest BCUT2D eigenvalue weighted by Gasteiger charge is 2.11. The molecule has 0 saturated carbocycles. The van der Waals surface area contributed by atoms with Gasteiger partial charge < -0.3 is 19.9 Å². The number of tetrazole rings is 1. The summed E-state index contributed by atoms with van der Waals surface area (Å²) < 4.78 is 10.2. The van der Waals surface area contributed by atoms with Crippen molar-refractivity contribution in [1.82, 2.24) is 20.3 Å². The molecule has 0 unspecified atom stereocenters. The molecule has 128 valence electrons. The van der Waals surface area contributed by atoms with Gasteiger partial charge in [-0.15, -0.1) is 0 Å². The zero-order valence-electron chi connectivity index (χ0n) is 13.6. The molecular weight excluding hydrogens is 324 g/mol. The van der Waals surface area contributed by atoms with E-state index in [0.717, 1.165) is 5.69 Å². The Bertz CT molecular complexity index is 854. The molecule has 0 aliphatic carbocycles. The second kappa shape index (κ2) is 7.30. The van der Waals surface area contributed by atoms with Crippen LogP contribution < -0.4 is 14.8 Å². The fraction of sp³-hybridized carbons (Fsp3) is 0.125. The third-order valence-electron chi connectivity index (χ3n) is 3.30. The van der Waals surface area contributed by atoms with Crippen LogP contribution in [0.25, 0.3) is 0 Å². The average molecular weight is 340 g/mol. The molecule has 0 saturated heterocycles. The van der Waals surface area contributed by atoms with Crippen molar-refractivity contribution in [3.63, 3.8) is 0 Å². The van der Waals surface area contributed by atoms with Gasteiger partial charge in [-0.2, -0.15) is 5.10 Å². The molecule has 3 rings (SSSR count). The van der Waals surface area contributed by atoms with Crippen molar-refractivity contribution in [2.45, 2.75) is 0 Å². The highest BCUT2D eigenvalue weighted by molar-refractivity contribution is 5.82. The van der Waals surface area contributed by atoms with Crippen LogP contribution in [0.4, 0.5) is 11.6 Å². The molecule has 1 aromatic heterocycles. The van der Waals surface area contributed by atoms with E-state index in [0.29, 0.717) is 11.5 Å². The monoisotopic (exact) mass is 340 g/mol. The van der Waals surface area contributed by atoms with Gasteiger partial charge in [0.25, 0.3) is 5.95 Å². The predicted molar refractivity (Wildman–Crippen MR) is 91.7 cm³/mol. The molecule has 9 heteroatoms. The van der Waals surface area contributed by atoms with Crippen LogP contribution in [-0.4, -0.2) is 45.9 Å². The van der Waals surface area contributed by atoms with Crippen LogP contribution in [0.5, 0.6) is 17.2 Å². The zero-order chi connectivity index (χ0) is 17.6. The maximum Gasteiger partial charge on any atom is 0.269 e. The third-order valence-corrected chi connectivity index (χ3v) is 3.30. The van der Waals surface area contributed by atoms with Crippen molar-refractivity contribution >= 4 is 17.9 Å². The Kier molecular flexibility index (Phi) is 4.74. The molecular formula is C16H16N6O3. The molecule has 2 N–H and O–H groups in total. The van der Waals surface area contributed by atoms with Crippen LogP contribution >= 0.6 is 0 Å². The zero-order valence-corrected chi connectivity index (χ0v) is 13.6. The van der Waals surface area contributed by atoms with Crippen LogP contribution in [0.15, 0.2) is 47.6 Å². The Labute approximate surface area is 143 Å². The second-order valence-corrected chi connectivity index (χ2v) is 4.90. The van der Waals surface area contributed by atoms with Crippen molar-refractivity contribution in [3.05, 3.63) is 48.0 Å². The van der Waals surface area contributed by atoms with Gasteiger partial charge in [-0.25, -0.2) is 0 Å². The number of methoxy groups -OCH3 is 2. The van der Waals surface area contributed by atoms with E-state index in [-0.39, 0.29) is 17.2 Å². The number of phenolic OH excluding ortho intramolecular Hbond substituents is 1. The highest BCUT2D eigenvalue weighted by atomic mass is 16.5. The predicted octanol–water partition coefficient (Wildman–Crippen LogP) is 2.02. The Balaban J connectivity index is 1.85. The van der Waals surface area contributed by atoms with Gasteiger partial charge in [0.1, 0.15) is 0 Å². The number of benzene rings is 2. The number of hydrogen-bond donors (Lipinski definition) is 2. The lowest BCUT2D eigenvalue weighted by Crippen LogP contribution is -2.01. The average Bonchev–Trinajstić information content (AvgIpc) is 3.08. The summed E-state index contributed by atoms with van der Waals surface area (Å²) in [6, 6.07) is 12.7. The van der Waals surface area contributed by atoms with Crippen molar-refractivity contribution in [3.8, 4) is 17.2 Å². The van der Waals surface area contributed by atoms with Gasteiger partial charge in [-0.1, -0.05) is 28.1 Å². The first-order valence-corrected chi connectivity index (χ1v) is 7.31. The molecule has 0 radical (unpaired) electrons. The molecule has 0 aliphatic rings. The van der Waals surface area contributed by atoms with Crippen LogP contribution in [0.2, 0.25) is 0 Å². The van der Waals surface area contributed by atoms with Gasteiger partial charge in [0.05, 0.1) is 20.4 Å². The fourth-order valence-electron chi connectivity index (χ4n) is 2.10. The van der Waals surface area contributed by atoms with E-state index in [1.807, 2.05) is 30.3 Å². The van der Waals surface area contributed by atoms with Crippen LogP contribution in [0.3, 0.4) is 0 Å². The summed E-state index contributed by atoms with van der Waals surface area (Å²) in [5.74, 6) is 0.844. The number of nitrogens with one attached hydrogen (secondary N) is 1. The normalized spacial score (nSPS) is 10.8. The van der Waals surface area contributed by atoms with Crippen molar-refractivity contribution < 1.29 is 14.6 Å². The smallest absolute Gasteiger partial charge is 0.269 e. The standard InChI is InChI=1S/C16H16N6O3/c1-24-13-8-11(9-14(25-2)15(13)23)10-17-22-16(19-20-21-22)18-12-6-4-3-5-7-12/h3-10,23H,1-2H3,(H,18,19,21)/b17-10-. The maximum atomic E-state index is 9.93. The number of para-hydroxylation sites is 1. The molecule has 1 heterocycles. The van der Waals surface area contributed by atoms with E-state index in [2.05, 4.69) is 25.9 Å². The topological polar surface area (TPSA) is 107 Å². The van der Waals surface area contributed by atoms with Crippen molar-refractivity contribution in [1.29, 1.82) is 0 Å². The lowest BCUT2D eigenvalue weighted by molar-refractivity contribution is 0.340. The van der Waals surface area contributed by atoms with E-state index in [4.69, 9.17) is 9.47 Å². The Morgan fingerprint density at radius 3 is 2.44 bits per heavy atom. The van der Waals surface area contributed by atoms with Crippen LogP contribution in [0.1, 0.15) is 5.56 Å². The molecule has 0 bridgehead atoms. The fourth-order valence-corrected chi connectivity index (χ4v) is 2.10. The molecule has 0 amide bonds. The number of phenols is 1. The Morgan fingerprint density at radius 1 is 1.12 bits per heavy atom. The number of aromatic hydroxyl groups is 1. The van der Waals surface area contributed by atoms with E-state index < -0.39 is 0 Å². The van der Waals surface area contributed by atoms with E-state index >= 15 is 0 Å². The first kappa shape index (κ1) is 16.2. The first-order chi connectivity index (χ1) is 12.2.